The zero-order valence-corrected chi connectivity index (χ0v) is 17.2. The molecule has 0 radical (unpaired) electrons. The molecule has 2 nitrogen and oxygen atoms in total. The van der Waals surface area contributed by atoms with Gasteiger partial charge in [-0.2, -0.15) is 11.8 Å². The average molecular weight is 396 g/mol. The van der Waals surface area contributed by atoms with Crippen LogP contribution < -0.4 is 15.9 Å². The second-order valence-electron chi connectivity index (χ2n) is 6.42. The van der Waals surface area contributed by atoms with Crippen LogP contribution in [0, 0.1) is 0 Å². The molecule has 0 fully saturated rings. The van der Waals surface area contributed by atoms with Crippen LogP contribution in [0.5, 0.6) is 0 Å². The number of hydrogen-bond donors (Lipinski definition) is 1. The van der Waals surface area contributed by atoms with Gasteiger partial charge in [-0.1, -0.05) is 91.0 Å². The number of benzene rings is 3. The van der Waals surface area contributed by atoms with Crippen LogP contribution in [0.15, 0.2) is 91.0 Å². The minimum Gasteiger partial charge on any atom is -0.315 e. The first kappa shape index (κ1) is 19.9. The third kappa shape index (κ3) is 5.84. The molecule has 3 rings (SSSR count). The van der Waals surface area contributed by atoms with Crippen molar-refractivity contribution in [2.75, 3.05) is 25.0 Å². The van der Waals surface area contributed by atoms with Crippen LogP contribution in [0.25, 0.3) is 0 Å². The van der Waals surface area contributed by atoms with Crippen molar-refractivity contribution in [1.29, 1.82) is 0 Å². The van der Waals surface area contributed by atoms with Crippen LogP contribution in [0.1, 0.15) is 5.56 Å². The highest BCUT2D eigenvalue weighted by Crippen LogP contribution is 2.42. The smallest absolute Gasteiger partial charge is 0.144 e. The molecule has 3 aromatic carbocycles. The Labute approximate surface area is 166 Å². The summed E-state index contributed by atoms with van der Waals surface area (Å²) in [4.78, 5) is 0. The second-order valence-corrected chi connectivity index (χ2v) is 10.5. The quantitative estimate of drug-likeness (QED) is 0.404. The van der Waals surface area contributed by atoms with Crippen molar-refractivity contribution in [2.24, 2.45) is 0 Å². The highest BCUT2D eigenvalue weighted by molar-refractivity contribution is 7.98. The van der Waals surface area contributed by atoms with Gasteiger partial charge in [0.05, 0.1) is 0 Å². The average Bonchev–Trinajstić information content (AvgIpc) is 2.75. The van der Waals surface area contributed by atoms with Crippen molar-refractivity contribution >= 4 is 29.5 Å². The Morgan fingerprint density at radius 1 is 0.704 bits per heavy atom. The molecule has 0 aliphatic heterocycles. The molecule has 1 N–H and O–H groups in total. The monoisotopic (exact) mass is 395 g/mol. The van der Waals surface area contributed by atoms with E-state index in [4.69, 9.17) is 0 Å². The Hall–Kier alpha value is -1.80. The molecule has 0 aliphatic rings. The van der Waals surface area contributed by atoms with E-state index in [1.165, 1.54) is 5.56 Å². The lowest BCUT2D eigenvalue weighted by Crippen LogP contribution is -2.27. The number of rotatable bonds is 10. The lowest BCUT2D eigenvalue weighted by Gasteiger charge is -2.19. The van der Waals surface area contributed by atoms with Crippen molar-refractivity contribution in [1.82, 2.24) is 5.32 Å². The second kappa shape index (κ2) is 10.5. The van der Waals surface area contributed by atoms with Gasteiger partial charge in [-0.25, -0.2) is 0 Å². The lowest BCUT2D eigenvalue weighted by molar-refractivity contribution is 0.584. The molecule has 4 heteroatoms. The summed E-state index contributed by atoms with van der Waals surface area (Å²) in [6, 6.07) is 30.3. The summed E-state index contributed by atoms with van der Waals surface area (Å²) in [6.45, 7) is 1.69. The van der Waals surface area contributed by atoms with E-state index in [9.17, 15) is 4.57 Å². The summed E-state index contributed by atoms with van der Waals surface area (Å²) in [5, 5.41) is 5.36. The van der Waals surface area contributed by atoms with Gasteiger partial charge in [0, 0.05) is 41.4 Å². The SMILES string of the molecule is O=P(CCNCCSCc1ccccc1)(c1ccccc1)c1ccccc1. The first-order valence-corrected chi connectivity index (χ1v) is 12.4. The summed E-state index contributed by atoms with van der Waals surface area (Å²) in [5.41, 5.74) is 1.36. The summed E-state index contributed by atoms with van der Waals surface area (Å²) in [7, 11) is -2.60. The maximum atomic E-state index is 13.8. The number of nitrogens with one attached hydrogen (secondary N) is 1. The van der Waals surface area contributed by atoms with Gasteiger partial charge in [0.1, 0.15) is 7.14 Å². The Morgan fingerprint density at radius 3 is 1.78 bits per heavy atom. The molecule has 0 saturated carbocycles. The molecule has 0 spiro atoms. The molecule has 0 heterocycles. The van der Waals surface area contributed by atoms with E-state index in [2.05, 4.69) is 29.6 Å². The van der Waals surface area contributed by atoms with Crippen LogP contribution >= 0.6 is 18.9 Å². The molecule has 140 valence electrons. The molecule has 0 atom stereocenters. The van der Waals surface area contributed by atoms with Crippen LogP contribution in [-0.2, 0) is 10.3 Å². The van der Waals surface area contributed by atoms with Crippen LogP contribution in [0.3, 0.4) is 0 Å². The molecule has 0 saturated heterocycles. The van der Waals surface area contributed by atoms with E-state index in [1.54, 1.807) is 0 Å². The fourth-order valence-corrected chi connectivity index (χ4v) is 6.47. The first-order chi connectivity index (χ1) is 13.3. The molecular formula is C23H26NOPS. The molecule has 27 heavy (non-hydrogen) atoms. The number of hydrogen-bond acceptors (Lipinski definition) is 3. The van der Waals surface area contributed by atoms with Gasteiger partial charge in [0.15, 0.2) is 0 Å². The molecular weight excluding hydrogens is 369 g/mol. The van der Waals surface area contributed by atoms with Crippen LogP contribution in [0.2, 0.25) is 0 Å². The van der Waals surface area contributed by atoms with Crippen molar-refractivity contribution in [3.63, 3.8) is 0 Å². The third-order valence-electron chi connectivity index (χ3n) is 4.48. The minimum absolute atomic E-state index is 0.643. The molecule has 0 aromatic heterocycles. The zero-order chi connectivity index (χ0) is 18.8. The molecule has 0 amide bonds. The third-order valence-corrected chi connectivity index (χ3v) is 8.63. The van der Waals surface area contributed by atoms with Gasteiger partial charge in [-0.15, -0.1) is 0 Å². The van der Waals surface area contributed by atoms with Gasteiger partial charge in [-0.3, -0.25) is 0 Å². The van der Waals surface area contributed by atoms with Crippen LogP contribution in [-0.4, -0.2) is 25.0 Å². The minimum atomic E-state index is -2.60. The Kier molecular flexibility index (Phi) is 7.77. The molecule has 0 unspecified atom stereocenters. The summed E-state index contributed by atoms with van der Waals surface area (Å²) in [5.74, 6) is 2.09. The maximum absolute atomic E-state index is 13.8. The van der Waals surface area contributed by atoms with Crippen molar-refractivity contribution in [2.45, 2.75) is 5.75 Å². The molecule has 3 aromatic rings. The largest absolute Gasteiger partial charge is 0.315 e. The summed E-state index contributed by atoms with van der Waals surface area (Å²) in [6.07, 6.45) is 0.643. The normalized spacial score (nSPS) is 11.4. The topological polar surface area (TPSA) is 29.1 Å². The Bertz CT molecular complexity index is 797. The predicted molar refractivity (Wildman–Crippen MR) is 120 cm³/mol. The standard InChI is InChI=1S/C23H26NOPS/c25-26(22-12-6-2-7-13-22,23-14-8-3-9-15-23)18-16-24-17-19-27-20-21-10-4-1-5-11-21/h1-15,24H,16-20H2. The van der Waals surface area contributed by atoms with E-state index < -0.39 is 7.14 Å². The fraction of sp³-hybridized carbons (Fsp3) is 0.217. The zero-order valence-electron chi connectivity index (χ0n) is 15.5. The van der Waals surface area contributed by atoms with Crippen LogP contribution in [0.4, 0.5) is 0 Å². The van der Waals surface area contributed by atoms with Gasteiger partial charge in [-0.05, 0) is 5.56 Å². The molecule has 0 bridgehead atoms. The summed E-state index contributed by atoms with van der Waals surface area (Å²) < 4.78 is 13.8. The van der Waals surface area contributed by atoms with E-state index in [-0.39, 0.29) is 0 Å². The highest BCUT2D eigenvalue weighted by atomic mass is 32.2. The van der Waals surface area contributed by atoms with Gasteiger partial charge in [0.25, 0.3) is 0 Å². The van der Waals surface area contributed by atoms with E-state index >= 15 is 0 Å². The first-order valence-electron chi connectivity index (χ1n) is 9.32. The van der Waals surface area contributed by atoms with E-state index in [0.29, 0.717) is 6.16 Å². The highest BCUT2D eigenvalue weighted by Gasteiger charge is 2.26. The lowest BCUT2D eigenvalue weighted by atomic mass is 10.2. The van der Waals surface area contributed by atoms with Crippen molar-refractivity contribution < 1.29 is 4.57 Å². The summed E-state index contributed by atoms with van der Waals surface area (Å²) >= 11 is 1.93. The molecule has 0 aliphatic carbocycles. The van der Waals surface area contributed by atoms with E-state index in [0.717, 1.165) is 35.2 Å². The van der Waals surface area contributed by atoms with Crippen molar-refractivity contribution in [3.8, 4) is 0 Å². The van der Waals surface area contributed by atoms with Gasteiger partial charge in [0.2, 0.25) is 0 Å². The van der Waals surface area contributed by atoms with Gasteiger partial charge < -0.3 is 9.88 Å². The fourth-order valence-electron chi connectivity index (χ4n) is 3.01. The predicted octanol–water partition coefficient (Wildman–Crippen LogP) is 4.52. The maximum Gasteiger partial charge on any atom is 0.144 e. The Balaban J connectivity index is 1.50. The number of thioether (sulfide) groups is 1. The van der Waals surface area contributed by atoms with Crippen molar-refractivity contribution in [3.05, 3.63) is 96.6 Å². The Morgan fingerprint density at radius 2 is 1.22 bits per heavy atom. The van der Waals surface area contributed by atoms with E-state index in [1.807, 2.05) is 78.5 Å². The van der Waals surface area contributed by atoms with Gasteiger partial charge >= 0.3 is 0 Å².